The third kappa shape index (κ3) is 3.58. The summed E-state index contributed by atoms with van der Waals surface area (Å²) in [5, 5.41) is 0. The minimum absolute atomic E-state index is 0.0341. The number of fused-ring (bicyclic) bond motifs is 3. The average Bonchev–Trinajstić information content (AvgIpc) is 2.58. The highest BCUT2D eigenvalue weighted by Crippen LogP contribution is 2.57. The van der Waals surface area contributed by atoms with Gasteiger partial charge in [0.15, 0.2) is 8.32 Å². The van der Waals surface area contributed by atoms with E-state index in [9.17, 15) is 4.79 Å². The van der Waals surface area contributed by atoms with Gasteiger partial charge < -0.3 is 9.16 Å². The first kappa shape index (κ1) is 21.6. The molecule has 0 bridgehead atoms. The van der Waals surface area contributed by atoms with E-state index in [2.05, 4.69) is 65.5 Å². The van der Waals surface area contributed by atoms with Gasteiger partial charge in [-0.05, 0) is 94.1 Å². The Bertz CT molecular complexity index is 764. The lowest BCUT2D eigenvalue weighted by Gasteiger charge is -2.54. The van der Waals surface area contributed by atoms with E-state index < -0.39 is 8.32 Å². The zero-order valence-electron chi connectivity index (χ0n) is 19.1. The van der Waals surface area contributed by atoms with Crippen LogP contribution in [0.2, 0.25) is 19.6 Å². The minimum Gasteiger partial charge on any atom is -0.469 e. The SMILES string of the molecule is COC(=O)[C@]1(C)CCC[C@]2(C)c3ccc(C(C)(C)O[Si](C)(C)C)cc3CC[C@@H]12. The van der Waals surface area contributed by atoms with Crippen LogP contribution in [0.5, 0.6) is 0 Å². The third-order valence-corrected chi connectivity index (χ3v) is 8.38. The molecule has 1 fully saturated rings. The van der Waals surface area contributed by atoms with Gasteiger partial charge in [-0.25, -0.2) is 0 Å². The second kappa shape index (κ2) is 6.98. The Hall–Kier alpha value is -1.13. The van der Waals surface area contributed by atoms with Crippen LogP contribution in [-0.2, 0) is 31.4 Å². The zero-order chi connectivity index (χ0) is 21.0. The second-order valence-electron chi connectivity index (χ2n) is 10.9. The van der Waals surface area contributed by atoms with E-state index in [0.717, 1.165) is 32.1 Å². The molecule has 156 valence electrons. The molecule has 28 heavy (non-hydrogen) atoms. The molecule has 0 spiro atoms. The Morgan fingerprint density at radius 2 is 1.86 bits per heavy atom. The molecule has 1 aromatic rings. The van der Waals surface area contributed by atoms with Gasteiger partial charge in [0.2, 0.25) is 0 Å². The molecule has 0 heterocycles. The molecule has 1 aromatic carbocycles. The number of hydrogen-bond acceptors (Lipinski definition) is 3. The van der Waals surface area contributed by atoms with Crippen LogP contribution >= 0.6 is 0 Å². The Labute approximate surface area is 172 Å². The maximum atomic E-state index is 12.7. The smallest absolute Gasteiger partial charge is 0.311 e. The first-order chi connectivity index (χ1) is 12.8. The topological polar surface area (TPSA) is 35.5 Å². The summed E-state index contributed by atoms with van der Waals surface area (Å²) in [5.41, 5.74) is 3.53. The monoisotopic (exact) mass is 402 g/mol. The summed E-state index contributed by atoms with van der Waals surface area (Å²) in [7, 11) is -0.110. The highest BCUT2D eigenvalue weighted by molar-refractivity contribution is 6.69. The predicted octanol–water partition coefficient (Wildman–Crippen LogP) is 5.96. The summed E-state index contributed by atoms with van der Waals surface area (Å²) in [6, 6.07) is 6.97. The lowest BCUT2D eigenvalue weighted by Crippen LogP contribution is -2.52. The molecular weight excluding hydrogens is 364 g/mol. The van der Waals surface area contributed by atoms with E-state index >= 15 is 0 Å². The molecule has 0 aromatic heterocycles. The van der Waals surface area contributed by atoms with E-state index in [1.807, 2.05) is 0 Å². The molecule has 0 N–H and O–H groups in total. The summed E-state index contributed by atoms with van der Waals surface area (Å²) >= 11 is 0. The maximum Gasteiger partial charge on any atom is 0.311 e. The molecule has 0 amide bonds. The number of rotatable bonds is 4. The highest BCUT2D eigenvalue weighted by Gasteiger charge is 2.55. The lowest BCUT2D eigenvalue weighted by atomic mass is 9.49. The lowest BCUT2D eigenvalue weighted by molar-refractivity contribution is -0.161. The molecule has 3 nitrogen and oxygen atoms in total. The van der Waals surface area contributed by atoms with Crippen molar-refractivity contribution in [3.8, 4) is 0 Å². The van der Waals surface area contributed by atoms with Crippen molar-refractivity contribution in [2.75, 3.05) is 7.11 Å². The van der Waals surface area contributed by atoms with Gasteiger partial charge in [-0.1, -0.05) is 31.5 Å². The average molecular weight is 403 g/mol. The fraction of sp³-hybridized carbons (Fsp3) is 0.708. The number of carbonyl (C=O) groups excluding carboxylic acids is 1. The van der Waals surface area contributed by atoms with Crippen LogP contribution < -0.4 is 0 Å². The van der Waals surface area contributed by atoms with E-state index in [1.54, 1.807) is 0 Å². The van der Waals surface area contributed by atoms with E-state index in [0.29, 0.717) is 5.92 Å². The van der Waals surface area contributed by atoms with Crippen molar-refractivity contribution in [3.63, 3.8) is 0 Å². The van der Waals surface area contributed by atoms with Crippen LogP contribution in [0.25, 0.3) is 0 Å². The van der Waals surface area contributed by atoms with Crippen LogP contribution in [0.4, 0.5) is 0 Å². The van der Waals surface area contributed by atoms with Gasteiger partial charge in [0.1, 0.15) is 0 Å². The molecule has 0 unspecified atom stereocenters. The Kier molecular flexibility index (Phi) is 5.38. The number of ether oxygens (including phenoxy) is 1. The molecule has 2 aliphatic rings. The van der Waals surface area contributed by atoms with Gasteiger partial charge in [-0.3, -0.25) is 4.79 Å². The second-order valence-corrected chi connectivity index (χ2v) is 15.3. The van der Waals surface area contributed by atoms with E-state index in [-0.39, 0.29) is 22.4 Å². The first-order valence-electron chi connectivity index (χ1n) is 10.8. The number of aryl methyl sites for hydroxylation is 1. The predicted molar refractivity (Wildman–Crippen MR) is 117 cm³/mol. The number of benzene rings is 1. The fourth-order valence-electron chi connectivity index (χ4n) is 6.17. The van der Waals surface area contributed by atoms with Gasteiger partial charge in [0.25, 0.3) is 0 Å². The molecular formula is C24H38O3Si. The van der Waals surface area contributed by atoms with Crippen LogP contribution in [0, 0.1) is 11.3 Å². The molecule has 2 aliphatic carbocycles. The molecule has 0 saturated heterocycles. The van der Waals surface area contributed by atoms with Crippen molar-refractivity contribution in [3.05, 3.63) is 34.9 Å². The number of hydrogen-bond donors (Lipinski definition) is 0. The fourth-order valence-corrected chi connectivity index (χ4v) is 7.82. The standard InChI is InChI=1S/C24H38O3Si/c1-22(2,27-28(6,7)8)18-11-12-19-17(16-18)10-13-20-23(19,3)14-9-15-24(20,4)21(25)26-5/h11-12,16,20H,9-10,13-15H2,1-8H3/t20-,23-,24-/m1/s1. The summed E-state index contributed by atoms with van der Waals surface area (Å²) in [6.45, 7) is 15.6. The normalized spacial score (nSPS) is 30.4. The molecule has 1 saturated carbocycles. The maximum absolute atomic E-state index is 12.7. The van der Waals surface area contributed by atoms with E-state index in [1.165, 1.54) is 23.8 Å². The largest absolute Gasteiger partial charge is 0.469 e. The number of carbonyl (C=O) groups is 1. The molecule has 0 radical (unpaired) electrons. The summed E-state index contributed by atoms with van der Waals surface area (Å²) in [5.74, 6) is 0.305. The third-order valence-electron chi connectivity index (χ3n) is 7.26. The van der Waals surface area contributed by atoms with Crippen molar-refractivity contribution in [1.29, 1.82) is 0 Å². The van der Waals surface area contributed by atoms with Crippen molar-refractivity contribution in [2.45, 2.75) is 90.5 Å². The summed E-state index contributed by atoms with van der Waals surface area (Å²) in [6.07, 6.45) is 5.23. The number of methoxy groups -OCH3 is 1. The van der Waals surface area contributed by atoms with Crippen LogP contribution in [0.3, 0.4) is 0 Å². The van der Waals surface area contributed by atoms with Crippen LogP contribution in [0.1, 0.15) is 70.1 Å². The molecule has 4 heteroatoms. The molecule has 0 aliphatic heterocycles. The molecule has 3 atom stereocenters. The molecule has 3 rings (SSSR count). The summed E-state index contributed by atoms with van der Waals surface area (Å²) < 4.78 is 11.7. The van der Waals surface area contributed by atoms with Crippen LogP contribution in [-0.4, -0.2) is 21.4 Å². The number of esters is 1. The Balaban J connectivity index is 2.00. The van der Waals surface area contributed by atoms with Gasteiger partial charge in [-0.2, -0.15) is 0 Å². The van der Waals surface area contributed by atoms with Crippen molar-refractivity contribution in [1.82, 2.24) is 0 Å². The van der Waals surface area contributed by atoms with Gasteiger partial charge >= 0.3 is 5.97 Å². The zero-order valence-corrected chi connectivity index (χ0v) is 20.1. The summed E-state index contributed by atoms with van der Waals surface area (Å²) in [4.78, 5) is 12.7. The first-order valence-corrected chi connectivity index (χ1v) is 14.2. The van der Waals surface area contributed by atoms with Crippen molar-refractivity contribution >= 4 is 14.3 Å². The van der Waals surface area contributed by atoms with Crippen molar-refractivity contribution < 1.29 is 14.0 Å². The van der Waals surface area contributed by atoms with Gasteiger partial charge in [0, 0.05) is 0 Å². The van der Waals surface area contributed by atoms with E-state index in [4.69, 9.17) is 9.16 Å². The quantitative estimate of drug-likeness (QED) is 0.461. The van der Waals surface area contributed by atoms with Gasteiger partial charge in [-0.15, -0.1) is 0 Å². The minimum atomic E-state index is -1.64. The van der Waals surface area contributed by atoms with Crippen molar-refractivity contribution in [2.24, 2.45) is 11.3 Å². The highest BCUT2D eigenvalue weighted by atomic mass is 28.4. The van der Waals surface area contributed by atoms with Gasteiger partial charge in [0.05, 0.1) is 18.1 Å². The van der Waals surface area contributed by atoms with Crippen LogP contribution in [0.15, 0.2) is 18.2 Å². The Morgan fingerprint density at radius 3 is 2.46 bits per heavy atom. The Morgan fingerprint density at radius 1 is 1.18 bits per heavy atom.